The number of aryl methyl sites for hydroxylation is 1. The van der Waals surface area contributed by atoms with E-state index in [1.165, 1.54) is 28.7 Å². The highest BCUT2D eigenvalue weighted by atomic mass is 14.0. The molecule has 0 fully saturated rings. The van der Waals surface area contributed by atoms with Gasteiger partial charge in [-0.15, -0.1) is 0 Å². The van der Waals surface area contributed by atoms with Crippen molar-refractivity contribution in [1.82, 2.24) is 0 Å². The van der Waals surface area contributed by atoms with Crippen LogP contribution in [0.2, 0.25) is 0 Å². The second kappa shape index (κ2) is 6.20. The Hall–Kier alpha value is -1.82. The zero-order valence-corrected chi connectivity index (χ0v) is 11.2. The smallest absolute Gasteiger partial charge is 0.0222 e. The molecule has 0 bridgehead atoms. The quantitative estimate of drug-likeness (QED) is 0.640. The molecule has 0 heteroatoms. The van der Waals surface area contributed by atoms with Gasteiger partial charge in [0.05, 0.1) is 0 Å². The van der Waals surface area contributed by atoms with Gasteiger partial charge >= 0.3 is 0 Å². The summed E-state index contributed by atoms with van der Waals surface area (Å²) >= 11 is 0. The van der Waals surface area contributed by atoms with Gasteiger partial charge in [0.25, 0.3) is 0 Å². The molecular weight excluding hydrogens is 216 g/mol. The van der Waals surface area contributed by atoms with Crippen LogP contribution in [-0.2, 0) is 6.42 Å². The molecule has 2 rings (SSSR count). The molecule has 92 valence electrons. The molecule has 0 atom stereocenters. The number of hydrogen-bond donors (Lipinski definition) is 0. The molecule has 0 heterocycles. The summed E-state index contributed by atoms with van der Waals surface area (Å²) in [7, 11) is 0. The Bertz CT molecular complexity index is 521. The third-order valence-corrected chi connectivity index (χ3v) is 3.18. The number of rotatable bonds is 4. The molecule has 0 radical (unpaired) electrons. The topological polar surface area (TPSA) is 0 Å². The molecule has 0 aliphatic heterocycles. The second-order valence-electron chi connectivity index (χ2n) is 4.64. The summed E-state index contributed by atoms with van der Waals surface area (Å²) in [4.78, 5) is 0. The van der Waals surface area contributed by atoms with E-state index in [0.29, 0.717) is 0 Å². The zero-order valence-electron chi connectivity index (χ0n) is 11.2. The molecule has 18 heavy (non-hydrogen) atoms. The van der Waals surface area contributed by atoms with Gasteiger partial charge in [-0.2, -0.15) is 0 Å². The molecule has 2 aromatic rings. The van der Waals surface area contributed by atoms with Gasteiger partial charge in [-0.3, -0.25) is 0 Å². The number of allylic oxidation sites excluding steroid dienone is 1. The summed E-state index contributed by atoms with van der Waals surface area (Å²) in [5.74, 6) is 0. The van der Waals surface area contributed by atoms with Crippen molar-refractivity contribution in [2.45, 2.75) is 26.7 Å². The molecule has 0 saturated heterocycles. The highest BCUT2D eigenvalue weighted by molar-refractivity contribution is 5.81. The van der Waals surface area contributed by atoms with Crippen molar-refractivity contribution < 1.29 is 0 Å². The lowest BCUT2D eigenvalue weighted by Gasteiger charge is -2.06. The molecule has 0 saturated carbocycles. The summed E-state index contributed by atoms with van der Waals surface area (Å²) in [6.07, 6.45) is 4.63. The Labute approximate surface area is 110 Å². The van der Waals surface area contributed by atoms with Gasteiger partial charge in [0.2, 0.25) is 0 Å². The summed E-state index contributed by atoms with van der Waals surface area (Å²) in [6.45, 7) is 4.41. The van der Waals surface area contributed by atoms with E-state index in [-0.39, 0.29) is 0 Å². The lowest BCUT2D eigenvalue weighted by molar-refractivity contribution is 0.919. The Balaban J connectivity index is 2.33. The van der Waals surface area contributed by atoms with E-state index in [0.717, 1.165) is 6.42 Å². The van der Waals surface area contributed by atoms with Gasteiger partial charge in [0.1, 0.15) is 0 Å². The van der Waals surface area contributed by atoms with Crippen LogP contribution < -0.4 is 0 Å². The first-order valence-electron chi connectivity index (χ1n) is 6.63. The van der Waals surface area contributed by atoms with Crippen LogP contribution in [0.3, 0.4) is 0 Å². The van der Waals surface area contributed by atoms with Gasteiger partial charge in [-0.05, 0) is 35.6 Å². The van der Waals surface area contributed by atoms with E-state index in [1.807, 2.05) is 0 Å². The number of benzene rings is 2. The van der Waals surface area contributed by atoms with Gasteiger partial charge < -0.3 is 0 Å². The Morgan fingerprint density at radius 3 is 2.33 bits per heavy atom. The minimum absolute atomic E-state index is 1.15. The first kappa shape index (κ1) is 12.6. The van der Waals surface area contributed by atoms with E-state index >= 15 is 0 Å². The molecule has 0 amide bonds. The molecule has 0 N–H and O–H groups in total. The van der Waals surface area contributed by atoms with E-state index in [1.54, 1.807) is 0 Å². The van der Waals surface area contributed by atoms with Crippen LogP contribution in [0.1, 0.15) is 37.0 Å². The fraction of sp³-hybridized carbons (Fsp3) is 0.222. The van der Waals surface area contributed by atoms with Gasteiger partial charge in [0, 0.05) is 0 Å². The van der Waals surface area contributed by atoms with Crippen LogP contribution in [0.4, 0.5) is 0 Å². The second-order valence-corrected chi connectivity index (χ2v) is 4.64. The van der Waals surface area contributed by atoms with E-state index in [9.17, 15) is 0 Å². The third-order valence-electron chi connectivity index (χ3n) is 3.18. The average Bonchev–Trinajstić information content (AvgIpc) is 2.42. The van der Waals surface area contributed by atoms with Gasteiger partial charge in [-0.25, -0.2) is 0 Å². The molecule has 0 unspecified atom stereocenters. The van der Waals surface area contributed by atoms with Crippen molar-refractivity contribution in [3.8, 4) is 0 Å². The van der Waals surface area contributed by atoms with Crippen molar-refractivity contribution in [2.75, 3.05) is 0 Å². The fourth-order valence-electron chi connectivity index (χ4n) is 2.19. The van der Waals surface area contributed by atoms with E-state index in [4.69, 9.17) is 0 Å². The van der Waals surface area contributed by atoms with Gasteiger partial charge in [0.15, 0.2) is 0 Å². The van der Waals surface area contributed by atoms with Crippen LogP contribution in [0, 0.1) is 0 Å². The van der Waals surface area contributed by atoms with Crippen LogP contribution in [-0.4, -0.2) is 0 Å². The predicted octanol–water partition coefficient (Wildman–Crippen LogP) is 5.20. The average molecular weight is 236 g/mol. The highest BCUT2D eigenvalue weighted by Crippen LogP contribution is 2.20. The van der Waals surface area contributed by atoms with Crippen molar-refractivity contribution in [2.24, 2.45) is 0 Å². The largest absolute Gasteiger partial charge is 0.0651 e. The summed E-state index contributed by atoms with van der Waals surface area (Å²) in [6, 6.07) is 19.2. The lowest BCUT2D eigenvalue weighted by Crippen LogP contribution is -1.88. The monoisotopic (exact) mass is 236 g/mol. The Kier molecular flexibility index (Phi) is 4.35. The van der Waals surface area contributed by atoms with Crippen molar-refractivity contribution >= 4 is 11.6 Å². The molecular formula is C18H20. The fourth-order valence-corrected chi connectivity index (χ4v) is 2.19. The minimum Gasteiger partial charge on any atom is -0.0651 e. The van der Waals surface area contributed by atoms with Crippen molar-refractivity contribution in [3.05, 3.63) is 71.3 Å². The Morgan fingerprint density at radius 2 is 1.61 bits per heavy atom. The molecule has 2 aromatic carbocycles. The zero-order chi connectivity index (χ0) is 12.8. The van der Waals surface area contributed by atoms with E-state index < -0.39 is 0 Å². The van der Waals surface area contributed by atoms with Crippen molar-refractivity contribution in [3.63, 3.8) is 0 Å². The minimum atomic E-state index is 1.15. The van der Waals surface area contributed by atoms with Crippen molar-refractivity contribution in [1.29, 1.82) is 0 Å². The first-order valence-corrected chi connectivity index (χ1v) is 6.63. The van der Waals surface area contributed by atoms with Crippen LogP contribution >= 0.6 is 0 Å². The third kappa shape index (κ3) is 3.10. The van der Waals surface area contributed by atoms with Crippen LogP contribution in [0.5, 0.6) is 0 Å². The normalized spacial score (nSPS) is 11.6. The van der Waals surface area contributed by atoms with Crippen LogP contribution in [0.15, 0.2) is 54.6 Å². The Morgan fingerprint density at radius 1 is 0.944 bits per heavy atom. The summed E-state index contributed by atoms with van der Waals surface area (Å²) in [5, 5.41) is 0. The van der Waals surface area contributed by atoms with E-state index in [2.05, 4.69) is 74.5 Å². The molecule has 0 aliphatic rings. The standard InChI is InChI=1S/C18H20/c1-3-9-17-12-7-8-13-18(17)14-15(2)16-10-5-4-6-11-16/h4-8,10-14H,3,9H2,1-2H3. The maximum Gasteiger partial charge on any atom is -0.0222 e. The lowest BCUT2D eigenvalue weighted by atomic mass is 9.99. The molecule has 0 nitrogen and oxygen atoms in total. The number of hydrogen-bond acceptors (Lipinski definition) is 0. The van der Waals surface area contributed by atoms with Gasteiger partial charge in [-0.1, -0.05) is 74.0 Å². The highest BCUT2D eigenvalue weighted by Gasteiger charge is 2.00. The molecule has 0 aromatic heterocycles. The first-order chi connectivity index (χ1) is 8.81. The summed E-state index contributed by atoms with van der Waals surface area (Å²) in [5.41, 5.74) is 5.40. The predicted molar refractivity (Wildman–Crippen MR) is 80.4 cm³/mol. The maximum atomic E-state index is 2.29. The SMILES string of the molecule is CCCc1ccccc1C=C(C)c1ccccc1. The van der Waals surface area contributed by atoms with Crippen LogP contribution in [0.25, 0.3) is 11.6 Å². The summed E-state index contributed by atoms with van der Waals surface area (Å²) < 4.78 is 0. The molecule has 0 spiro atoms. The maximum absolute atomic E-state index is 2.29. The molecule has 0 aliphatic carbocycles.